The van der Waals surface area contributed by atoms with Gasteiger partial charge in [0.05, 0.1) is 6.54 Å². The Morgan fingerprint density at radius 1 is 1.29 bits per heavy atom. The Hall–Kier alpha value is -2.36. The maximum absolute atomic E-state index is 12.0. The van der Waals surface area contributed by atoms with E-state index in [9.17, 15) is 9.59 Å². The third kappa shape index (κ3) is 2.10. The number of aliphatic carboxylic acids is 1. The van der Waals surface area contributed by atoms with E-state index in [1.54, 1.807) is 24.4 Å². The van der Waals surface area contributed by atoms with Crippen molar-refractivity contribution >= 4 is 16.7 Å². The molecule has 0 aliphatic carbocycles. The van der Waals surface area contributed by atoms with Gasteiger partial charge in [-0.25, -0.2) is 4.79 Å². The van der Waals surface area contributed by atoms with E-state index in [-0.39, 0.29) is 17.7 Å². The van der Waals surface area contributed by atoms with Crippen LogP contribution in [0.5, 0.6) is 0 Å². The van der Waals surface area contributed by atoms with Crippen LogP contribution in [0.25, 0.3) is 10.8 Å². The lowest BCUT2D eigenvalue weighted by Gasteiger charge is -2.06. The van der Waals surface area contributed by atoms with Crippen LogP contribution in [-0.2, 0) is 11.3 Å². The highest BCUT2D eigenvalue weighted by atomic mass is 16.4. The molecular formula is C13H11NO3. The van der Waals surface area contributed by atoms with E-state index in [1.807, 2.05) is 12.1 Å². The van der Waals surface area contributed by atoms with Crippen LogP contribution >= 0.6 is 0 Å². The van der Waals surface area contributed by atoms with Crippen molar-refractivity contribution in [2.24, 2.45) is 0 Å². The molecule has 0 unspecified atom stereocenters. The van der Waals surface area contributed by atoms with Crippen LogP contribution in [0.1, 0.15) is 0 Å². The first-order valence-corrected chi connectivity index (χ1v) is 5.09. The zero-order chi connectivity index (χ0) is 12.4. The van der Waals surface area contributed by atoms with Crippen LogP contribution in [-0.4, -0.2) is 15.6 Å². The summed E-state index contributed by atoms with van der Waals surface area (Å²) in [6, 6.07) is 8.97. The summed E-state index contributed by atoms with van der Waals surface area (Å²) in [7, 11) is 0. The summed E-state index contributed by atoms with van der Waals surface area (Å²) < 4.78 is 1.35. The van der Waals surface area contributed by atoms with E-state index in [0.717, 1.165) is 5.39 Å². The van der Waals surface area contributed by atoms with Gasteiger partial charge in [-0.3, -0.25) is 4.79 Å². The van der Waals surface area contributed by atoms with Gasteiger partial charge in [-0.15, -0.1) is 0 Å². The normalized spacial score (nSPS) is 10.4. The summed E-state index contributed by atoms with van der Waals surface area (Å²) in [4.78, 5) is 22.7. The molecule has 1 aromatic heterocycles. The second-order valence-corrected chi connectivity index (χ2v) is 3.74. The van der Waals surface area contributed by atoms with Crippen molar-refractivity contribution in [2.75, 3.05) is 0 Å². The minimum atomic E-state index is -1.09. The van der Waals surface area contributed by atoms with Crippen molar-refractivity contribution < 1.29 is 9.90 Å². The van der Waals surface area contributed by atoms with E-state index in [2.05, 4.69) is 6.58 Å². The smallest absolute Gasteiger partial charge is 0.332 e. The number of rotatable bonds is 3. The Bertz CT molecular complexity index is 655. The molecule has 0 fully saturated rings. The van der Waals surface area contributed by atoms with Crippen molar-refractivity contribution in [3.8, 4) is 0 Å². The van der Waals surface area contributed by atoms with Crippen LogP contribution < -0.4 is 5.56 Å². The summed E-state index contributed by atoms with van der Waals surface area (Å²) in [6.07, 6.45) is 1.58. The molecule has 1 aromatic carbocycles. The van der Waals surface area contributed by atoms with Crippen LogP contribution in [0.15, 0.2) is 53.5 Å². The molecule has 17 heavy (non-hydrogen) atoms. The average molecular weight is 229 g/mol. The summed E-state index contributed by atoms with van der Waals surface area (Å²) in [5, 5.41) is 10.2. The van der Waals surface area contributed by atoms with Crippen LogP contribution in [0.2, 0.25) is 0 Å². The molecule has 0 bridgehead atoms. The molecule has 0 atom stereocenters. The lowest BCUT2D eigenvalue weighted by Crippen LogP contribution is -2.22. The van der Waals surface area contributed by atoms with E-state index in [1.165, 1.54) is 4.57 Å². The summed E-state index contributed by atoms with van der Waals surface area (Å²) in [5.74, 6) is -1.09. The van der Waals surface area contributed by atoms with Crippen molar-refractivity contribution in [2.45, 2.75) is 6.54 Å². The van der Waals surface area contributed by atoms with Gasteiger partial charge >= 0.3 is 5.97 Å². The molecule has 0 amide bonds. The number of nitrogens with zero attached hydrogens (tertiary/aromatic N) is 1. The zero-order valence-corrected chi connectivity index (χ0v) is 9.09. The molecule has 1 heterocycles. The van der Waals surface area contributed by atoms with Gasteiger partial charge in [0.25, 0.3) is 5.56 Å². The third-order valence-electron chi connectivity index (χ3n) is 2.55. The molecule has 4 nitrogen and oxygen atoms in total. The number of fused-ring (bicyclic) bond motifs is 1. The number of carboxylic acids is 1. The Morgan fingerprint density at radius 2 is 2.00 bits per heavy atom. The second kappa shape index (κ2) is 4.25. The lowest BCUT2D eigenvalue weighted by molar-refractivity contribution is -0.132. The molecule has 0 spiro atoms. The number of hydrogen-bond donors (Lipinski definition) is 1. The first kappa shape index (κ1) is 11.1. The number of carbonyl (C=O) groups is 1. The summed E-state index contributed by atoms with van der Waals surface area (Å²) in [6.45, 7) is 3.41. The van der Waals surface area contributed by atoms with Gasteiger partial charge in [0, 0.05) is 17.2 Å². The highest BCUT2D eigenvalue weighted by Crippen LogP contribution is 2.08. The number of aromatic nitrogens is 1. The molecule has 0 saturated carbocycles. The SMILES string of the molecule is C=C(Cn1ccc2ccccc2c1=O)C(=O)O. The number of carboxylic acid groups (broad SMARTS) is 1. The molecule has 0 saturated heterocycles. The maximum atomic E-state index is 12.0. The largest absolute Gasteiger partial charge is 0.478 e. The van der Waals surface area contributed by atoms with Crippen LogP contribution in [0, 0.1) is 0 Å². The van der Waals surface area contributed by atoms with Crippen LogP contribution in [0.3, 0.4) is 0 Å². The fraction of sp³-hybridized carbons (Fsp3) is 0.0769. The first-order valence-electron chi connectivity index (χ1n) is 5.09. The lowest BCUT2D eigenvalue weighted by atomic mass is 10.2. The molecule has 1 N–H and O–H groups in total. The summed E-state index contributed by atoms with van der Waals surface area (Å²) in [5.41, 5.74) is -0.215. The first-order chi connectivity index (χ1) is 8.09. The predicted molar refractivity (Wildman–Crippen MR) is 65.0 cm³/mol. The van der Waals surface area contributed by atoms with Gasteiger partial charge in [0.15, 0.2) is 0 Å². The van der Waals surface area contributed by atoms with Gasteiger partial charge < -0.3 is 9.67 Å². The Balaban J connectivity index is 2.50. The monoisotopic (exact) mass is 229 g/mol. The fourth-order valence-electron chi connectivity index (χ4n) is 1.63. The topological polar surface area (TPSA) is 59.3 Å². The standard InChI is InChI=1S/C13H11NO3/c1-9(13(16)17)8-14-7-6-10-4-2-3-5-11(10)12(14)15/h2-7H,1,8H2,(H,16,17). The highest BCUT2D eigenvalue weighted by molar-refractivity contribution is 5.86. The van der Waals surface area contributed by atoms with E-state index in [0.29, 0.717) is 5.39 Å². The minimum Gasteiger partial charge on any atom is -0.478 e. The van der Waals surface area contributed by atoms with E-state index in [4.69, 9.17) is 5.11 Å². The molecule has 0 radical (unpaired) electrons. The van der Waals surface area contributed by atoms with E-state index < -0.39 is 5.97 Å². The molecular weight excluding hydrogens is 218 g/mol. The average Bonchev–Trinajstić information content (AvgIpc) is 2.33. The quantitative estimate of drug-likeness (QED) is 0.814. The molecule has 0 aliphatic rings. The van der Waals surface area contributed by atoms with Gasteiger partial charge in [0.2, 0.25) is 0 Å². The molecule has 2 rings (SSSR count). The number of hydrogen-bond acceptors (Lipinski definition) is 2. The van der Waals surface area contributed by atoms with Crippen LogP contribution in [0.4, 0.5) is 0 Å². The minimum absolute atomic E-state index is 0.000991. The van der Waals surface area contributed by atoms with E-state index >= 15 is 0 Å². The predicted octanol–water partition coefficient (Wildman–Crippen LogP) is 1.64. The zero-order valence-electron chi connectivity index (χ0n) is 9.09. The fourth-order valence-corrected chi connectivity index (χ4v) is 1.63. The Morgan fingerprint density at radius 3 is 2.71 bits per heavy atom. The van der Waals surface area contributed by atoms with Crippen molar-refractivity contribution in [3.05, 3.63) is 59.0 Å². The molecule has 0 aliphatic heterocycles. The Labute approximate surface area is 97.4 Å². The van der Waals surface area contributed by atoms with Gasteiger partial charge in [-0.2, -0.15) is 0 Å². The number of pyridine rings is 1. The number of benzene rings is 1. The summed E-state index contributed by atoms with van der Waals surface area (Å²) >= 11 is 0. The van der Waals surface area contributed by atoms with Gasteiger partial charge in [-0.1, -0.05) is 24.8 Å². The van der Waals surface area contributed by atoms with Gasteiger partial charge in [-0.05, 0) is 17.5 Å². The molecule has 86 valence electrons. The van der Waals surface area contributed by atoms with Crippen molar-refractivity contribution in [3.63, 3.8) is 0 Å². The van der Waals surface area contributed by atoms with Gasteiger partial charge in [0.1, 0.15) is 0 Å². The maximum Gasteiger partial charge on any atom is 0.332 e. The highest BCUT2D eigenvalue weighted by Gasteiger charge is 2.07. The van der Waals surface area contributed by atoms with Crippen molar-refractivity contribution in [1.82, 2.24) is 4.57 Å². The second-order valence-electron chi connectivity index (χ2n) is 3.74. The molecule has 2 aromatic rings. The Kier molecular flexibility index (Phi) is 2.78. The van der Waals surface area contributed by atoms with Crippen molar-refractivity contribution in [1.29, 1.82) is 0 Å². The third-order valence-corrected chi connectivity index (χ3v) is 2.55. The molecule has 4 heteroatoms.